The van der Waals surface area contributed by atoms with E-state index < -0.39 is 11.5 Å². The Bertz CT molecular complexity index is 1030. The van der Waals surface area contributed by atoms with E-state index in [1.807, 2.05) is 61.4 Å². The van der Waals surface area contributed by atoms with Crippen molar-refractivity contribution in [1.82, 2.24) is 19.7 Å². The fraction of sp³-hybridized carbons (Fsp3) is 0.348. The normalized spacial score (nSPS) is 19.7. The predicted octanol–water partition coefficient (Wildman–Crippen LogP) is 2.09. The third-order valence-corrected chi connectivity index (χ3v) is 5.86. The summed E-state index contributed by atoms with van der Waals surface area (Å²) < 4.78 is 7.89. The van der Waals surface area contributed by atoms with Gasteiger partial charge in [-0.25, -0.2) is 0 Å². The van der Waals surface area contributed by atoms with E-state index in [2.05, 4.69) is 21.0 Å². The van der Waals surface area contributed by atoms with Gasteiger partial charge >= 0.3 is 0 Å². The third-order valence-electron chi connectivity index (χ3n) is 5.86. The van der Waals surface area contributed by atoms with Gasteiger partial charge in [0.2, 0.25) is 0 Å². The second-order valence-electron chi connectivity index (χ2n) is 7.92. The number of hydrogen-bond donors (Lipinski definition) is 1. The van der Waals surface area contributed by atoms with Crippen LogP contribution in [0.2, 0.25) is 0 Å². The Labute approximate surface area is 176 Å². The fourth-order valence-corrected chi connectivity index (χ4v) is 4.00. The molecule has 0 spiro atoms. The minimum Gasteiger partial charge on any atom is -0.367 e. The van der Waals surface area contributed by atoms with Gasteiger partial charge in [-0.2, -0.15) is 5.10 Å². The van der Waals surface area contributed by atoms with E-state index in [9.17, 15) is 4.79 Å². The first-order valence-corrected chi connectivity index (χ1v) is 10.1. The minimum absolute atomic E-state index is 0.429. The van der Waals surface area contributed by atoms with Crippen molar-refractivity contribution in [2.45, 2.75) is 25.5 Å². The second-order valence-corrected chi connectivity index (χ2v) is 7.92. The Morgan fingerprint density at radius 3 is 2.77 bits per heavy atom. The molecule has 0 saturated carbocycles. The zero-order valence-corrected chi connectivity index (χ0v) is 17.4. The minimum atomic E-state index is -1.05. The van der Waals surface area contributed by atoms with Crippen LogP contribution in [0.3, 0.4) is 0 Å². The molecule has 1 fully saturated rings. The maximum Gasteiger partial charge on any atom is 0.251 e. The summed E-state index contributed by atoms with van der Waals surface area (Å²) >= 11 is 0. The van der Waals surface area contributed by atoms with E-state index in [1.165, 1.54) is 0 Å². The number of carbonyl (C=O) groups is 1. The largest absolute Gasteiger partial charge is 0.367 e. The van der Waals surface area contributed by atoms with Crippen molar-refractivity contribution in [3.63, 3.8) is 0 Å². The van der Waals surface area contributed by atoms with Gasteiger partial charge in [0.05, 0.1) is 12.8 Å². The maximum atomic E-state index is 12.5. The molecule has 7 heteroatoms. The number of ether oxygens (including phenoxy) is 1. The van der Waals surface area contributed by atoms with E-state index in [0.717, 1.165) is 34.5 Å². The summed E-state index contributed by atoms with van der Waals surface area (Å²) in [6.45, 7) is 4.43. The molecule has 0 aliphatic carbocycles. The molecule has 1 atom stereocenters. The molecule has 1 amide bonds. The molecule has 30 heavy (non-hydrogen) atoms. The lowest BCUT2D eigenvalue weighted by Gasteiger charge is -2.40. The number of primary amides is 1. The van der Waals surface area contributed by atoms with Crippen LogP contribution in [0, 0.1) is 6.92 Å². The van der Waals surface area contributed by atoms with Gasteiger partial charge in [0.1, 0.15) is 0 Å². The number of pyridine rings is 1. The van der Waals surface area contributed by atoms with Gasteiger partial charge in [-0.1, -0.05) is 30.3 Å². The first-order valence-electron chi connectivity index (χ1n) is 10.1. The van der Waals surface area contributed by atoms with Crippen LogP contribution in [0.5, 0.6) is 0 Å². The second kappa shape index (κ2) is 8.38. The number of aromatic nitrogens is 3. The van der Waals surface area contributed by atoms with E-state index in [1.54, 1.807) is 6.20 Å². The Morgan fingerprint density at radius 2 is 2.07 bits per heavy atom. The van der Waals surface area contributed by atoms with Crippen LogP contribution in [0.15, 0.2) is 55.0 Å². The van der Waals surface area contributed by atoms with Gasteiger partial charge in [-0.05, 0) is 29.7 Å². The third kappa shape index (κ3) is 4.13. The van der Waals surface area contributed by atoms with Crippen molar-refractivity contribution < 1.29 is 9.53 Å². The summed E-state index contributed by atoms with van der Waals surface area (Å²) in [5.74, 6) is -0.429. The summed E-state index contributed by atoms with van der Waals surface area (Å²) in [4.78, 5) is 19.0. The number of morpholine rings is 1. The van der Waals surface area contributed by atoms with E-state index in [-0.39, 0.29) is 0 Å². The molecule has 7 nitrogen and oxygen atoms in total. The van der Waals surface area contributed by atoms with Crippen molar-refractivity contribution in [2.75, 3.05) is 19.7 Å². The van der Waals surface area contributed by atoms with Gasteiger partial charge in [0, 0.05) is 56.8 Å². The smallest absolute Gasteiger partial charge is 0.251 e. The van der Waals surface area contributed by atoms with Gasteiger partial charge < -0.3 is 10.5 Å². The van der Waals surface area contributed by atoms with Crippen LogP contribution in [-0.4, -0.2) is 50.9 Å². The highest BCUT2D eigenvalue weighted by molar-refractivity contribution is 5.84. The number of hydrogen-bond acceptors (Lipinski definition) is 5. The lowest BCUT2D eigenvalue weighted by Crippen LogP contribution is -2.59. The lowest BCUT2D eigenvalue weighted by atomic mass is 9.90. The molecule has 3 aromatic rings. The van der Waals surface area contributed by atoms with E-state index in [0.29, 0.717) is 26.1 Å². The molecule has 2 aromatic heterocycles. The quantitative estimate of drug-likeness (QED) is 0.679. The van der Waals surface area contributed by atoms with Crippen LogP contribution in [-0.2, 0) is 29.5 Å². The SMILES string of the molecule is Cc1c(CN2CCO[C@@](Cc3cccc(-c4cccnc4)c3)(C(N)=O)C2)cnn1C. The Hall–Kier alpha value is -3.03. The molecule has 4 rings (SSSR count). The Balaban J connectivity index is 1.56. The predicted molar refractivity (Wildman–Crippen MR) is 114 cm³/mol. The van der Waals surface area contributed by atoms with Crippen molar-refractivity contribution in [1.29, 1.82) is 0 Å². The summed E-state index contributed by atoms with van der Waals surface area (Å²) in [6, 6.07) is 12.1. The highest BCUT2D eigenvalue weighted by Gasteiger charge is 2.42. The first kappa shape index (κ1) is 20.3. The monoisotopic (exact) mass is 405 g/mol. The van der Waals surface area contributed by atoms with E-state index in [4.69, 9.17) is 10.5 Å². The maximum absolute atomic E-state index is 12.5. The highest BCUT2D eigenvalue weighted by Crippen LogP contribution is 2.27. The molecule has 1 aromatic carbocycles. The van der Waals surface area contributed by atoms with Crippen molar-refractivity contribution in [3.8, 4) is 11.1 Å². The molecule has 1 saturated heterocycles. The van der Waals surface area contributed by atoms with E-state index >= 15 is 0 Å². The fourth-order valence-electron chi connectivity index (χ4n) is 4.00. The Kier molecular flexibility index (Phi) is 5.65. The highest BCUT2D eigenvalue weighted by atomic mass is 16.5. The zero-order chi connectivity index (χ0) is 21.1. The molecular formula is C23H27N5O2. The van der Waals surface area contributed by atoms with Crippen LogP contribution in [0.4, 0.5) is 0 Å². The molecule has 1 aliphatic heterocycles. The number of aryl methyl sites for hydroxylation is 1. The number of rotatable bonds is 6. The first-order chi connectivity index (χ1) is 14.5. The molecule has 2 N–H and O–H groups in total. The van der Waals surface area contributed by atoms with Crippen LogP contribution in [0.1, 0.15) is 16.8 Å². The molecular weight excluding hydrogens is 378 g/mol. The van der Waals surface area contributed by atoms with Gasteiger partial charge in [0.15, 0.2) is 5.60 Å². The number of amides is 1. The number of carbonyl (C=O) groups excluding carboxylic acids is 1. The average molecular weight is 406 g/mol. The van der Waals surface area contributed by atoms with Gasteiger partial charge in [-0.15, -0.1) is 0 Å². The standard InChI is InChI=1S/C23H27N5O2/c1-17-21(14-26-27(17)2)15-28-9-10-30-23(16-28,22(24)29)12-18-5-3-6-19(11-18)20-7-4-8-25-13-20/h3-8,11,13-14H,9-10,12,15-16H2,1-2H3,(H2,24,29)/t23-/m1/s1. The number of nitrogens with two attached hydrogens (primary N) is 1. The number of nitrogens with zero attached hydrogens (tertiary/aromatic N) is 4. The molecule has 0 radical (unpaired) electrons. The van der Waals surface area contributed by atoms with Crippen molar-refractivity contribution in [3.05, 3.63) is 71.8 Å². The molecule has 1 aliphatic rings. The summed E-state index contributed by atoms with van der Waals surface area (Å²) in [5, 5.41) is 4.32. The van der Waals surface area contributed by atoms with Gasteiger partial charge in [0.25, 0.3) is 5.91 Å². The van der Waals surface area contributed by atoms with Crippen molar-refractivity contribution >= 4 is 5.91 Å². The molecule has 156 valence electrons. The molecule has 0 unspecified atom stereocenters. The lowest BCUT2D eigenvalue weighted by molar-refractivity contribution is -0.157. The molecule has 0 bridgehead atoms. The number of benzene rings is 1. The summed E-state index contributed by atoms with van der Waals surface area (Å²) in [6.07, 6.45) is 5.90. The Morgan fingerprint density at radius 1 is 1.23 bits per heavy atom. The average Bonchev–Trinajstić information content (AvgIpc) is 3.07. The van der Waals surface area contributed by atoms with Crippen molar-refractivity contribution in [2.24, 2.45) is 12.8 Å². The zero-order valence-electron chi connectivity index (χ0n) is 17.4. The van der Waals surface area contributed by atoms with Crippen LogP contribution < -0.4 is 5.73 Å². The summed E-state index contributed by atoms with van der Waals surface area (Å²) in [5.41, 5.74) is 10.2. The van der Waals surface area contributed by atoms with Crippen LogP contribution in [0.25, 0.3) is 11.1 Å². The summed E-state index contributed by atoms with van der Waals surface area (Å²) in [7, 11) is 1.93. The molecule has 3 heterocycles. The topological polar surface area (TPSA) is 86.3 Å². The van der Waals surface area contributed by atoms with Gasteiger partial charge in [-0.3, -0.25) is 19.4 Å². The van der Waals surface area contributed by atoms with Crippen LogP contribution >= 0.6 is 0 Å².